The van der Waals surface area contributed by atoms with E-state index in [1.807, 2.05) is 30.5 Å². The Kier molecular flexibility index (Phi) is 6.25. The number of carbonyl (C=O) groups excluding carboxylic acids is 1. The molecule has 3 aromatic rings. The van der Waals surface area contributed by atoms with E-state index in [0.717, 1.165) is 33.3 Å². The number of ether oxygens (including phenoxy) is 1. The number of amides is 1. The van der Waals surface area contributed by atoms with Crippen molar-refractivity contribution in [1.29, 1.82) is 0 Å². The summed E-state index contributed by atoms with van der Waals surface area (Å²) in [6.45, 7) is 15.0. The van der Waals surface area contributed by atoms with Crippen molar-refractivity contribution in [2.24, 2.45) is 5.10 Å². The van der Waals surface area contributed by atoms with Crippen LogP contribution in [0.2, 0.25) is 0 Å². The van der Waals surface area contributed by atoms with Gasteiger partial charge in [-0.2, -0.15) is 5.10 Å². The number of hydrogen-bond donors (Lipinski definition) is 2. The molecule has 31 heavy (non-hydrogen) atoms. The lowest BCUT2D eigenvalue weighted by molar-refractivity contribution is -0.123. The molecular weight excluding hydrogens is 386 g/mol. The molecule has 164 valence electrons. The number of fused-ring (bicyclic) bond motifs is 1. The topological polar surface area (TPSA) is 66.5 Å². The van der Waals surface area contributed by atoms with Gasteiger partial charge in [0.1, 0.15) is 5.75 Å². The molecule has 5 nitrogen and oxygen atoms in total. The lowest BCUT2D eigenvalue weighted by Crippen LogP contribution is -2.27. The van der Waals surface area contributed by atoms with Gasteiger partial charge in [0.05, 0.1) is 6.21 Å². The quantitative estimate of drug-likeness (QED) is 0.417. The van der Waals surface area contributed by atoms with Gasteiger partial charge in [-0.1, -0.05) is 71.4 Å². The highest BCUT2D eigenvalue weighted by Gasteiger charge is 2.27. The van der Waals surface area contributed by atoms with Gasteiger partial charge >= 0.3 is 0 Å². The highest BCUT2D eigenvalue weighted by molar-refractivity contribution is 5.98. The van der Waals surface area contributed by atoms with Gasteiger partial charge in [0.25, 0.3) is 5.91 Å². The first-order chi connectivity index (χ1) is 14.5. The van der Waals surface area contributed by atoms with Crippen LogP contribution in [0.4, 0.5) is 0 Å². The second-order valence-electron chi connectivity index (χ2n) is 10.1. The molecule has 0 unspecified atom stereocenters. The summed E-state index contributed by atoms with van der Waals surface area (Å²) in [5, 5.41) is 5.18. The Labute approximate surface area is 184 Å². The molecule has 0 aliphatic heterocycles. The minimum absolute atomic E-state index is 0.0963. The van der Waals surface area contributed by atoms with E-state index in [1.54, 1.807) is 6.21 Å². The summed E-state index contributed by atoms with van der Waals surface area (Å²) in [5.41, 5.74) is 7.73. The average molecular weight is 420 g/mol. The van der Waals surface area contributed by atoms with Crippen molar-refractivity contribution >= 4 is 23.0 Å². The molecule has 0 radical (unpaired) electrons. The number of hydrazone groups is 1. The zero-order chi connectivity index (χ0) is 22.8. The van der Waals surface area contributed by atoms with Crippen LogP contribution in [-0.4, -0.2) is 23.7 Å². The number of nitrogens with one attached hydrogen (secondary N) is 2. The fraction of sp³-hybridized carbons (Fsp3) is 0.385. The van der Waals surface area contributed by atoms with Crippen LogP contribution in [0.15, 0.2) is 47.7 Å². The third kappa shape index (κ3) is 5.35. The molecule has 0 fully saturated rings. The molecule has 1 amide bonds. The van der Waals surface area contributed by atoms with Crippen molar-refractivity contribution in [2.75, 3.05) is 6.61 Å². The summed E-state index contributed by atoms with van der Waals surface area (Å²) in [6, 6.07) is 12.2. The lowest BCUT2D eigenvalue weighted by Gasteiger charge is -2.30. The number of benzene rings is 2. The zero-order valence-electron chi connectivity index (χ0n) is 19.6. The van der Waals surface area contributed by atoms with Gasteiger partial charge in [-0.3, -0.25) is 4.79 Å². The van der Waals surface area contributed by atoms with Gasteiger partial charge in [0.15, 0.2) is 6.61 Å². The maximum atomic E-state index is 12.5. The van der Waals surface area contributed by atoms with Gasteiger partial charge < -0.3 is 9.72 Å². The van der Waals surface area contributed by atoms with Crippen molar-refractivity contribution in [1.82, 2.24) is 10.4 Å². The summed E-state index contributed by atoms with van der Waals surface area (Å²) in [5.74, 6) is 0.500. The first-order valence-corrected chi connectivity index (χ1v) is 10.6. The van der Waals surface area contributed by atoms with Crippen LogP contribution in [0.25, 0.3) is 10.9 Å². The van der Waals surface area contributed by atoms with E-state index >= 15 is 0 Å². The summed E-state index contributed by atoms with van der Waals surface area (Å²) < 4.78 is 6.11. The Hall–Kier alpha value is -3.08. The molecule has 0 aliphatic rings. The third-order valence-electron chi connectivity index (χ3n) is 5.22. The van der Waals surface area contributed by atoms with E-state index in [1.165, 1.54) is 5.56 Å². The molecule has 1 aromatic heterocycles. The number of aromatic nitrogens is 1. The second kappa shape index (κ2) is 8.58. The predicted molar refractivity (Wildman–Crippen MR) is 128 cm³/mol. The predicted octanol–water partition coefficient (Wildman–Crippen LogP) is 5.60. The molecule has 0 saturated carbocycles. The van der Waals surface area contributed by atoms with E-state index in [-0.39, 0.29) is 23.3 Å². The molecule has 1 heterocycles. The number of aromatic amines is 1. The number of hydrogen-bond acceptors (Lipinski definition) is 3. The van der Waals surface area contributed by atoms with Crippen molar-refractivity contribution in [2.45, 2.75) is 59.3 Å². The van der Waals surface area contributed by atoms with Crippen LogP contribution < -0.4 is 10.2 Å². The van der Waals surface area contributed by atoms with E-state index < -0.39 is 0 Å². The Bertz CT molecular complexity index is 1080. The highest BCUT2D eigenvalue weighted by Crippen LogP contribution is 2.40. The first kappa shape index (κ1) is 22.6. The number of rotatable bonds is 5. The number of aryl methyl sites for hydroxylation is 1. The summed E-state index contributed by atoms with van der Waals surface area (Å²) in [4.78, 5) is 15.6. The Morgan fingerprint density at radius 1 is 1.06 bits per heavy atom. The summed E-state index contributed by atoms with van der Waals surface area (Å²) >= 11 is 0. The van der Waals surface area contributed by atoms with Gasteiger partial charge in [-0.15, -0.1) is 0 Å². The molecule has 2 aromatic carbocycles. The summed E-state index contributed by atoms with van der Waals surface area (Å²) in [7, 11) is 0. The number of carbonyl (C=O) groups is 1. The molecule has 0 saturated heterocycles. The molecule has 5 heteroatoms. The number of H-pyrrole nitrogens is 1. The van der Waals surface area contributed by atoms with Crippen LogP contribution in [0, 0.1) is 6.92 Å². The van der Waals surface area contributed by atoms with Crippen molar-refractivity contribution < 1.29 is 9.53 Å². The molecule has 3 rings (SSSR count). The largest absolute Gasteiger partial charge is 0.483 e. The normalized spacial score (nSPS) is 12.5. The van der Waals surface area contributed by atoms with Crippen LogP contribution in [0.5, 0.6) is 5.75 Å². The second-order valence-corrected chi connectivity index (χ2v) is 10.1. The smallest absolute Gasteiger partial charge is 0.277 e. The van der Waals surface area contributed by atoms with Crippen LogP contribution >= 0.6 is 0 Å². The van der Waals surface area contributed by atoms with Gasteiger partial charge in [-0.25, -0.2) is 5.43 Å². The standard InChI is InChI=1S/C26H33N3O2/c1-17-13-20(25(2,3)4)24(21(14-17)26(5,6)7)31-16-23(30)29-28-15-18-9-8-10-22-19(18)11-12-27-22/h8-15,27H,16H2,1-7H3,(H,29,30). The third-order valence-corrected chi connectivity index (χ3v) is 5.22. The van der Waals surface area contributed by atoms with Crippen molar-refractivity contribution in [3.05, 3.63) is 64.8 Å². The Morgan fingerprint density at radius 3 is 2.32 bits per heavy atom. The Morgan fingerprint density at radius 2 is 1.71 bits per heavy atom. The molecular formula is C26H33N3O2. The highest BCUT2D eigenvalue weighted by atomic mass is 16.5. The molecule has 0 bridgehead atoms. The molecule has 0 aliphatic carbocycles. The fourth-order valence-electron chi connectivity index (χ4n) is 3.61. The van der Waals surface area contributed by atoms with E-state index in [0.29, 0.717) is 0 Å². The maximum absolute atomic E-state index is 12.5. The van der Waals surface area contributed by atoms with Gasteiger partial charge in [0.2, 0.25) is 0 Å². The van der Waals surface area contributed by atoms with Crippen LogP contribution in [0.3, 0.4) is 0 Å². The summed E-state index contributed by atoms with van der Waals surface area (Å²) in [6.07, 6.45) is 3.54. The minimum atomic E-state index is -0.294. The maximum Gasteiger partial charge on any atom is 0.277 e. The lowest BCUT2D eigenvalue weighted by atomic mass is 9.78. The SMILES string of the molecule is Cc1cc(C(C)(C)C)c(OCC(=O)NN=Cc2cccc3[nH]ccc23)c(C(C)(C)C)c1. The number of nitrogens with zero attached hydrogens (tertiary/aromatic N) is 1. The first-order valence-electron chi connectivity index (χ1n) is 10.6. The minimum Gasteiger partial charge on any atom is -0.483 e. The van der Waals surface area contributed by atoms with E-state index in [4.69, 9.17) is 4.74 Å². The molecule has 0 spiro atoms. The molecule has 0 atom stereocenters. The van der Waals surface area contributed by atoms with Crippen LogP contribution in [-0.2, 0) is 15.6 Å². The van der Waals surface area contributed by atoms with Gasteiger partial charge in [-0.05, 0) is 29.9 Å². The monoisotopic (exact) mass is 419 g/mol. The average Bonchev–Trinajstić information content (AvgIpc) is 3.14. The van der Waals surface area contributed by atoms with Crippen LogP contribution in [0.1, 0.15) is 63.8 Å². The molecule has 2 N–H and O–H groups in total. The van der Waals surface area contributed by atoms with Crippen molar-refractivity contribution in [3.63, 3.8) is 0 Å². The van der Waals surface area contributed by atoms with E-state index in [9.17, 15) is 4.79 Å². The van der Waals surface area contributed by atoms with Crippen molar-refractivity contribution in [3.8, 4) is 5.75 Å². The Balaban J connectivity index is 1.76. The van der Waals surface area contributed by atoms with E-state index in [2.05, 4.69) is 76.1 Å². The van der Waals surface area contributed by atoms with Gasteiger partial charge in [0, 0.05) is 33.8 Å². The zero-order valence-corrected chi connectivity index (χ0v) is 19.6. The fourth-order valence-corrected chi connectivity index (χ4v) is 3.61.